The van der Waals surface area contributed by atoms with E-state index in [4.69, 9.17) is 16.3 Å². The molecular weight excluding hydrogens is 174 g/mol. The fourth-order valence-corrected chi connectivity index (χ4v) is 1.46. The second kappa shape index (κ2) is 3.81. The van der Waals surface area contributed by atoms with Crippen LogP contribution in [-0.4, -0.2) is 0 Å². The van der Waals surface area contributed by atoms with Crippen molar-refractivity contribution < 1.29 is 0 Å². The Bertz CT molecular complexity index is 447. The summed E-state index contributed by atoms with van der Waals surface area (Å²) in [6.07, 6.45) is 0.801. The Hall–Kier alpha value is -2.00. The number of hydrogen-bond acceptors (Lipinski definition) is 3. The van der Waals surface area contributed by atoms with Gasteiger partial charge in [0.05, 0.1) is 16.8 Å². The molecule has 2 N–H and O–H groups in total. The van der Waals surface area contributed by atoms with Gasteiger partial charge in [0.15, 0.2) is 0 Å². The monoisotopic (exact) mass is 185 g/mol. The molecule has 0 heterocycles. The SMILES string of the molecule is CCc1cc(C#N)c(N)c(C#N)c1C. The van der Waals surface area contributed by atoms with Crippen molar-refractivity contribution >= 4 is 5.69 Å². The van der Waals surface area contributed by atoms with Crippen LogP contribution in [0.3, 0.4) is 0 Å². The summed E-state index contributed by atoms with van der Waals surface area (Å²) in [5.41, 5.74) is 8.69. The zero-order valence-electron chi connectivity index (χ0n) is 8.26. The molecule has 3 nitrogen and oxygen atoms in total. The van der Waals surface area contributed by atoms with Crippen LogP contribution < -0.4 is 5.73 Å². The molecule has 0 amide bonds. The van der Waals surface area contributed by atoms with Gasteiger partial charge in [-0.3, -0.25) is 0 Å². The predicted molar refractivity (Wildman–Crippen MR) is 54.4 cm³/mol. The van der Waals surface area contributed by atoms with E-state index < -0.39 is 0 Å². The minimum absolute atomic E-state index is 0.296. The van der Waals surface area contributed by atoms with Crippen molar-refractivity contribution in [1.29, 1.82) is 10.5 Å². The Morgan fingerprint density at radius 2 is 2.00 bits per heavy atom. The maximum Gasteiger partial charge on any atom is 0.102 e. The lowest BCUT2D eigenvalue weighted by Gasteiger charge is -2.09. The van der Waals surface area contributed by atoms with Gasteiger partial charge >= 0.3 is 0 Å². The minimum Gasteiger partial charge on any atom is -0.397 e. The zero-order chi connectivity index (χ0) is 10.7. The maximum absolute atomic E-state index is 8.90. The normalized spacial score (nSPS) is 9.14. The van der Waals surface area contributed by atoms with Gasteiger partial charge in [0.1, 0.15) is 12.1 Å². The molecule has 0 fully saturated rings. The third-order valence-corrected chi connectivity index (χ3v) is 2.35. The maximum atomic E-state index is 8.90. The highest BCUT2D eigenvalue weighted by Crippen LogP contribution is 2.24. The smallest absolute Gasteiger partial charge is 0.102 e. The second-order valence-electron chi connectivity index (χ2n) is 3.07. The highest BCUT2D eigenvalue weighted by atomic mass is 14.6. The third kappa shape index (κ3) is 1.41. The van der Waals surface area contributed by atoms with Crippen LogP contribution in [0.2, 0.25) is 0 Å². The molecule has 14 heavy (non-hydrogen) atoms. The first-order valence-corrected chi connectivity index (χ1v) is 4.37. The molecule has 0 saturated carbocycles. The van der Waals surface area contributed by atoms with Gasteiger partial charge in [-0.2, -0.15) is 10.5 Å². The number of nitrogens with zero attached hydrogens (tertiary/aromatic N) is 2. The van der Waals surface area contributed by atoms with Crippen LogP contribution in [0.15, 0.2) is 6.07 Å². The van der Waals surface area contributed by atoms with Crippen molar-refractivity contribution in [3.05, 3.63) is 28.3 Å². The van der Waals surface area contributed by atoms with Crippen molar-refractivity contribution in [2.75, 3.05) is 5.73 Å². The van der Waals surface area contributed by atoms with Gasteiger partial charge in [-0.25, -0.2) is 0 Å². The molecule has 0 saturated heterocycles. The number of nitrogens with two attached hydrogens (primary N) is 1. The summed E-state index contributed by atoms with van der Waals surface area (Å²) in [6, 6.07) is 5.79. The first-order valence-electron chi connectivity index (χ1n) is 4.37. The van der Waals surface area contributed by atoms with Gasteiger partial charge in [-0.1, -0.05) is 6.92 Å². The number of rotatable bonds is 1. The quantitative estimate of drug-likeness (QED) is 0.679. The van der Waals surface area contributed by atoms with E-state index in [-0.39, 0.29) is 0 Å². The van der Waals surface area contributed by atoms with Gasteiger partial charge in [-0.05, 0) is 30.5 Å². The molecule has 3 heteroatoms. The molecule has 0 spiro atoms. The van der Waals surface area contributed by atoms with E-state index in [1.165, 1.54) is 0 Å². The largest absolute Gasteiger partial charge is 0.397 e. The molecule has 0 aliphatic rings. The summed E-state index contributed by atoms with van der Waals surface area (Å²) in [4.78, 5) is 0. The summed E-state index contributed by atoms with van der Waals surface area (Å²) in [7, 11) is 0. The van der Waals surface area contributed by atoms with E-state index in [9.17, 15) is 0 Å². The second-order valence-corrected chi connectivity index (χ2v) is 3.07. The number of nitrogen functional groups attached to an aromatic ring is 1. The molecule has 1 aromatic carbocycles. The summed E-state index contributed by atoms with van der Waals surface area (Å²) in [6.45, 7) is 3.84. The fraction of sp³-hybridized carbons (Fsp3) is 0.273. The van der Waals surface area contributed by atoms with Gasteiger partial charge in [0.2, 0.25) is 0 Å². The molecule has 1 rings (SSSR count). The van der Waals surface area contributed by atoms with Crippen LogP contribution in [0.25, 0.3) is 0 Å². The third-order valence-electron chi connectivity index (χ3n) is 2.35. The van der Waals surface area contributed by atoms with Crippen LogP contribution in [0.5, 0.6) is 0 Å². The Kier molecular flexibility index (Phi) is 2.74. The molecule has 0 aliphatic carbocycles. The highest BCUT2D eigenvalue weighted by molar-refractivity contribution is 5.68. The van der Waals surface area contributed by atoms with E-state index in [0.717, 1.165) is 17.5 Å². The van der Waals surface area contributed by atoms with Crippen LogP contribution in [0.4, 0.5) is 5.69 Å². The van der Waals surface area contributed by atoms with E-state index in [1.54, 1.807) is 6.07 Å². The summed E-state index contributed by atoms with van der Waals surface area (Å²) in [5.74, 6) is 0. The topological polar surface area (TPSA) is 73.6 Å². The van der Waals surface area contributed by atoms with Crippen molar-refractivity contribution in [1.82, 2.24) is 0 Å². The number of nitriles is 2. The zero-order valence-corrected chi connectivity index (χ0v) is 8.26. The Balaban J connectivity index is 3.59. The average molecular weight is 185 g/mol. The van der Waals surface area contributed by atoms with Gasteiger partial charge in [0.25, 0.3) is 0 Å². The minimum atomic E-state index is 0.296. The molecule has 0 unspecified atom stereocenters. The van der Waals surface area contributed by atoms with E-state index in [0.29, 0.717) is 16.8 Å². The van der Waals surface area contributed by atoms with Gasteiger partial charge in [-0.15, -0.1) is 0 Å². The average Bonchev–Trinajstić information content (AvgIpc) is 2.19. The summed E-state index contributed by atoms with van der Waals surface area (Å²) in [5, 5.41) is 17.7. The van der Waals surface area contributed by atoms with Crippen LogP contribution in [0.1, 0.15) is 29.2 Å². The van der Waals surface area contributed by atoms with Crippen LogP contribution in [-0.2, 0) is 6.42 Å². The molecule has 0 aliphatic heterocycles. The van der Waals surface area contributed by atoms with E-state index >= 15 is 0 Å². The molecular formula is C11H11N3. The first-order chi connectivity index (χ1) is 6.65. The lowest BCUT2D eigenvalue weighted by atomic mass is 9.96. The molecule has 0 atom stereocenters. The van der Waals surface area contributed by atoms with Crippen molar-refractivity contribution in [2.24, 2.45) is 0 Å². The summed E-state index contributed by atoms with van der Waals surface area (Å²) < 4.78 is 0. The molecule has 1 aromatic rings. The predicted octanol–water partition coefficient (Wildman–Crippen LogP) is 1.88. The Morgan fingerprint density at radius 1 is 1.36 bits per heavy atom. The van der Waals surface area contributed by atoms with Gasteiger partial charge < -0.3 is 5.73 Å². The number of benzene rings is 1. The first kappa shape index (κ1) is 10.1. The van der Waals surface area contributed by atoms with E-state index in [1.807, 2.05) is 26.0 Å². The van der Waals surface area contributed by atoms with Crippen molar-refractivity contribution in [3.8, 4) is 12.1 Å². The fourth-order valence-electron chi connectivity index (χ4n) is 1.46. The van der Waals surface area contributed by atoms with Crippen LogP contribution >= 0.6 is 0 Å². The molecule has 0 bridgehead atoms. The number of anilines is 1. The Labute approximate surface area is 83.4 Å². The Morgan fingerprint density at radius 3 is 2.43 bits per heavy atom. The lowest BCUT2D eigenvalue weighted by molar-refractivity contribution is 1.10. The van der Waals surface area contributed by atoms with Gasteiger partial charge in [0, 0.05) is 0 Å². The van der Waals surface area contributed by atoms with Crippen molar-refractivity contribution in [2.45, 2.75) is 20.3 Å². The highest BCUT2D eigenvalue weighted by Gasteiger charge is 2.11. The number of hydrogen-bond donors (Lipinski definition) is 1. The number of aryl methyl sites for hydroxylation is 1. The van der Waals surface area contributed by atoms with Crippen molar-refractivity contribution in [3.63, 3.8) is 0 Å². The summed E-state index contributed by atoms with van der Waals surface area (Å²) >= 11 is 0. The lowest BCUT2D eigenvalue weighted by Crippen LogP contribution is -2.01. The molecule has 0 aromatic heterocycles. The molecule has 70 valence electrons. The van der Waals surface area contributed by atoms with E-state index in [2.05, 4.69) is 0 Å². The standard InChI is InChI=1S/C11H11N3/c1-3-8-4-9(5-12)11(14)10(6-13)7(8)2/h4H,3,14H2,1-2H3. The molecule has 0 radical (unpaired) electrons. The van der Waals surface area contributed by atoms with Crippen LogP contribution in [0, 0.1) is 29.6 Å².